The summed E-state index contributed by atoms with van der Waals surface area (Å²) in [5, 5.41) is 2.54. The van der Waals surface area contributed by atoms with E-state index in [1.165, 1.54) is 0 Å². The molecule has 4 nitrogen and oxygen atoms in total. The first-order valence-corrected chi connectivity index (χ1v) is 8.01. The number of nitrogens with zero attached hydrogens (tertiary/aromatic N) is 1. The van der Waals surface area contributed by atoms with E-state index in [4.69, 9.17) is 0 Å². The van der Waals surface area contributed by atoms with Gasteiger partial charge in [-0.05, 0) is 55.7 Å². The molecule has 0 aliphatic carbocycles. The van der Waals surface area contributed by atoms with Gasteiger partial charge in [-0.15, -0.1) is 0 Å². The molecule has 1 N–H and O–H groups in total. The van der Waals surface area contributed by atoms with Crippen LogP contribution in [0.25, 0.3) is 0 Å². The summed E-state index contributed by atoms with van der Waals surface area (Å²) in [4.78, 5) is 26.4. The largest absolute Gasteiger partial charge is 0.340 e. The maximum atomic E-state index is 13.7. The third-order valence-electron chi connectivity index (χ3n) is 4.49. The van der Waals surface area contributed by atoms with E-state index < -0.39 is 23.6 Å². The highest BCUT2D eigenvalue weighted by molar-refractivity contribution is 6.04. The molecule has 0 radical (unpaired) electrons. The molecule has 1 fully saturated rings. The predicted molar refractivity (Wildman–Crippen MR) is 90.5 cm³/mol. The Kier molecular flexibility index (Phi) is 4.53. The molecule has 0 aromatic heterocycles. The third-order valence-corrected chi connectivity index (χ3v) is 4.49. The van der Waals surface area contributed by atoms with Gasteiger partial charge in [0.05, 0.1) is 5.56 Å². The van der Waals surface area contributed by atoms with Crippen LogP contribution in [0, 0.1) is 25.5 Å². The zero-order chi connectivity index (χ0) is 18.1. The van der Waals surface area contributed by atoms with Crippen LogP contribution in [0.1, 0.15) is 27.9 Å². The Morgan fingerprint density at radius 2 is 1.88 bits per heavy atom. The number of rotatable bonds is 3. The molecule has 1 aliphatic heterocycles. The van der Waals surface area contributed by atoms with Crippen molar-refractivity contribution in [3.05, 3.63) is 64.7 Å². The van der Waals surface area contributed by atoms with Crippen LogP contribution in [-0.4, -0.2) is 24.4 Å². The Morgan fingerprint density at radius 3 is 2.56 bits per heavy atom. The van der Waals surface area contributed by atoms with Gasteiger partial charge in [-0.3, -0.25) is 9.59 Å². The molecule has 0 spiro atoms. The van der Waals surface area contributed by atoms with Crippen LogP contribution in [-0.2, 0) is 4.79 Å². The summed E-state index contributed by atoms with van der Waals surface area (Å²) < 4.78 is 26.6. The quantitative estimate of drug-likeness (QED) is 0.930. The fraction of sp³-hybridized carbons (Fsp3) is 0.263. The summed E-state index contributed by atoms with van der Waals surface area (Å²) in [7, 11) is 0. The lowest BCUT2D eigenvalue weighted by atomic mass is 10.1. The lowest BCUT2D eigenvalue weighted by Gasteiger charge is -2.18. The van der Waals surface area contributed by atoms with Crippen molar-refractivity contribution in [2.45, 2.75) is 26.3 Å². The molecule has 2 aromatic rings. The summed E-state index contributed by atoms with van der Waals surface area (Å²) >= 11 is 0. The number of carbonyl (C=O) groups excluding carboxylic acids is 2. The maximum absolute atomic E-state index is 13.7. The lowest BCUT2D eigenvalue weighted by molar-refractivity contribution is -0.118. The highest BCUT2D eigenvalue weighted by Crippen LogP contribution is 2.24. The molecule has 1 heterocycles. The molecule has 1 saturated heterocycles. The molecule has 25 heavy (non-hydrogen) atoms. The zero-order valence-corrected chi connectivity index (χ0v) is 14.0. The van der Waals surface area contributed by atoms with Crippen molar-refractivity contribution in [2.24, 2.45) is 0 Å². The normalized spacial score (nSPS) is 17.0. The van der Waals surface area contributed by atoms with Crippen LogP contribution in [0.15, 0.2) is 36.4 Å². The Bertz CT molecular complexity index is 851. The summed E-state index contributed by atoms with van der Waals surface area (Å²) in [5.74, 6) is -2.67. The fourth-order valence-electron chi connectivity index (χ4n) is 2.87. The third kappa shape index (κ3) is 3.38. The molecule has 0 unspecified atom stereocenters. The lowest BCUT2D eigenvalue weighted by Crippen LogP contribution is -2.41. The molecular formula is C19H18F2N2O2. The molecular weight excluding hydrogens is 326 g/mol. The molecule has 1 aliphatic rings. The van der Waals surface area contributed by atoms with E-state index in [0.717, 1.165) is 28.9 Å². The molecule has 130 valence electrons. The minimum Gasteiger partial charge on any atom is -0.340 e. The van der Waals surface area contributed by atoms with Crippen molar-refractivity contribution in [1.29, 1.82) is 0 Å². The number of anilines is 1. The van der Waals surface area contributed by atoms with E-state index in [9.17, 15) is 18.4 Å². The van der Waals surface area contributed by atoms with Crippen LogP contribution < -0.4 is 10.2 Å². The first-order chi connectivity index (χ1) is 11.9. The van der Waals surface area contributed by atoms with Crippen molar-refractivity contribution >= 4 is 17.5 Å². The number of carbonyl (C=O) groups is 2. The van der Waals surface area contributed by atoms with Crippen LogP contribution >= 0.6 is 0 Å². The van der Waals surface area contributed by atoms with Crippen molar-refractivity contribution in [2.75, 3.05) is 11.4 Å². The van der Waals surface area contributed by atoms with E-state index >= 15 is 0 Å². The number of benzene rings is 2. The van der Waals surface area contributed by atoms with E-state index in [2.05, 4.69) is 5.32 Å². The van der Waals surface area contributed by atoms with E-state index in [1.54, 1.807) is 4.90 Å². The van der Waals surface area contributed by atoms with Gasteiger partial charge in [-0.25, -0.2) is 8.78 Å². The molecule has 2 aromatic carbocycles. The summed E-state index contributed by atoms with van der Waals surface area (Å²) in [6, 6.07) is 7.74. The summed E-state index contributed by atoms with van der Waals surface area (Å²) in [6.07, 6.45) is 0.431. The number of nitrogens with one attached hydrogen (secondary N) is 1. The number of hydrogen-bond donors (Lipinski definition) is 1. The highest BCUT2D eigenvalue weighted by atomic mass is 19.1. The minimum atomic E-state index is -0.950. The standard InChI is InChI=1S/C19H18F2N2O2/c1-11-3-5-14(9-12(11)2)23-8-7-17(19(23)25)22-18(24)15-6-4-13(20)10-16(15)21/h3-6,9-10,17H,7-8H2,1-2H3,(H,22,24)/t17-/m0/s1. The van der Waals surface area contributed by atoms with Gasteiger partial charge in [0.2, 0.25) is 5.91 Å². The topological polar surface area (TPSA) is 49.4 Å². The van der Waals surface area contributed by atoms with Crippen LogP contribution in [0.2, 0.25) is 0 Å². The van der Waals surface area contributed by atoms with E-state index in [0.29, 0.717) is 19.0 Å². The number of amides is 2. The first kappa shape index (κ1) is 17.1. The molecule has 0 saturated carbocycles. The molecule has 3 rings (SSSR count). The van der Waals surface area contributed by atoms with Gasteiger partial charge in [-0.2, -0.15) is 0 Å². The SMILES string of the molecule is Cc1ccc(N2CC[C@H](NC(=O)c3ccc(F)cc3F)C2=O)cc1C. The molecule has 1 atom stereocenters. The Morgan fingerprint density at radius 1 is 1.12 bits per heavy atom. The van der Waals surface area contributed by atoms with Gasteiger partial charge in [0.1, 0.15) is 17.7 Å². The van der Waals surface area contributed by atoms with Crippen molar-refractivity contribution < 1.29 is 18.4 Å². The summed E-state index contributed by atoms with van der Waals surface area (Å²) in [6.45, 7) is 4.43. The van der Waals surface area contributed by atoms with Gasteiger partial charge in [0, 0.05) is 18.3 Å². The number of halogens is 2. The fourth-order valence-corrected chi connectivity index (χ4v) is 2.87. The summed E-state index contributed by atoms with van der Waals surface area (Å²) in [5.41, 5.74) is 2.70. The van der Waals surface area contributed by atoms with E-state index in [1.807, 2.05) is 32.0 Å². The second kappa shape index (κ2) is 6.63. The van der Waals surface area contributed by atoms with Crippen LogP contribution in [0.5, 0.6) is 0 Å². The van der Waals surface area contributed by atoms with Crippen LogP contribution in [0.4, 0.5) is 14.5 Å². The molecule has 2 amide bonds. The van der Waals surface area contributed by atoms with Gasteiger partial charge >= 0.3 is 0 Å². The smallest absolute Gasteiger partial charge is 0.254 e. The van der Waals surface area contributed by atoms with Gasteiger partial charge in [-0.1, -0.05) is 6.07 Å². The first-order valence-electron chi connectivity index (χ1n) is 8.01. The number of hydrogen-bond acceptors (Lipinski definition) is 2. The monoisotopic (exact) mass is 344 g/mol. The van der Waals surface area contributed by atoms with E-state index in [-0.39, 0.29) is 11.5 Å². The second-order valence-corrected chi connectivity index (χ2v) is 6.20. The highest BCUT2D eigenvalue weighted by Gasteiger charge is 2.34. The minimum absolute atomic E-state index is 0.237. The van der Waals surface area contributed by atoms with Gasteiger partial charge in [0.25, 0.3) is 5.91 Å². The van der Waals surface area contributed by atoms with Gasteiger partial charge < -0.3 is 10.2 Å². The second-order valence-electron chi connectivity index (χ2n) is 6.20. The van der Waals surface area contributed by atoms with Crippen molar-refractivity contribution in [1.82, 2.24) is 5.32 Å². The average Bonchev–Trinajstić information content (AvgIpc) is 2.91. The predicted octanol–water partition coefficient (Wildman–Crippen LogP) is 3.12. The number of aryl methyl sites for hydroxylation is 2. The Labute approximate surface area is 144 Å². The maximum Gasteiger partial charge on any atom is 0.254 e. The Balaban J connectivity index is 1.73. The van der Waals surface area contributed by atoms with Crippen LogP contribution in [0.3, 0.4) is 0 Å². The van der Waals surface area contributed by atoms with Gasteiger partial charge in [0.15, 0.2) is 0 Å². The van der Waals surface area contributed by atoms with Crippen molar-refractivity contribution in [3.63, 3.8) is 0 Å². The molecule has 0 bridgehead atoms. The molecule has 6 heteroatoms. The Hall–Kier alpha value is -2.76. The van der Waals surface area contributed by atoms with Crippen molar-refractivity contribution in [3.8, 4) is 0 Å². The zero-order valence-electron chi connectivity index (χ0n) is 14.0. The average molecular weight is 344 g/mol.